The fraction of sp³-hybridized carbons (Fsp3) is 0.304. The maximum Gasteiger partial charge on any atom is 0.0457 e. The van der Waals surface area contributed by atoms with Gasteiger partial charge in [0, 0.05) is 34.7 Å². The minimum Gasteiger partial charge on any atom is -0.361 e. The molecule has 0 radical (unpaired) electrons. The molecule has 2 aromatic carbocycles. The summed E-state index contributed by atoms with van der Waals surface area (Å²) in [6.45, 7) is 0.976. The van der Waals surface area contributed by atoms with Gasteiger partial charge in [0.05, 0.1) is 0 Å². The number of H-pyrrole nitrogens is 1. The molecule has 1 atom stereocenters. The number of fused-ring (bicyclic) bond motifs is 1. The average molecular weight is 365 g/mol. The van der Waals surface area contributed by atoms with Crippen LogP contribution in [-0.4, -0.2) is 17.6 Å². The largest absolute Gasteiger partial charge is 0.361 e. The van der Waals surface area contributed by atoms with Crippen molar-refractivity contribution in [2.24, 2.45) is 0 Å². The molecule has 0 saturated heterocycles. The Hall–Kier alpha value is -2.03. The Labute approximate surface area is 160 Å². The number of benzene rings is 2. The van der Waals surface area contributed by atoms with Crippen LogP contribution < -0.4 is 5.32 Å². The number of aromatic amines is 1. The molecule has 0 saturated carbocycles. The van der Waals surface area contributed by atoms with Gasteiger partial charge < -0.3 is 10.3 Å². The summed E-state index contributed by atoms with van der Waals surface area (Å²) in [4.78, 5) is 3.27. The van der Waals surface area contributed by atoms with Gasteiger partial charge in [-0.1, -0.05) is 54.4 Å². The molecule has 1 aliphatic heterocycles. The van der Waals surface area contributed by atoms with Crippen LogP contribution in [0.3, 0.4) is 0 Å². The van der Waals surface area contributed by atoms with Crippen molar-refractivity contribution in [3.05, 3.63) is 77.0 Å². The molecule has 2 heterocycles. The van der Waals surface area contributed by atoms with Gasteiger partial charge in [-0.15, -0.1) is 0 Å². The van der Waals surface area contributed by atoms with Gasteiger partial charge >= 0.3 is 0 Å². The first-order chi connectivity index (χ1) is 12.8. The standard InChI is InChI=1S/C23H25ClN2/c24-22-10-11-23-21(13-15-26-23)20(22)9-5-4-8-19-16-18(12-14-25-19)17-6-2-1-3-7-17/h1-3,6-7,10-13,15,19,25-26H,4-5,8-9,14,16H2. The molecule has 2 nitrogen and oxygen atoms in total. The highest BCUT2D eigenvalue weighted by Crippen LogP contribution is 2.28. The Morgan fingerprint density at radius 1 is 1.00 bits per heavy atom. The third kappa shape index (κ3) is 3.87. The number of aromatic nitrogens is 1. The van der Waals surface area contributed by atoms with Gasteiger partial charge in [0.25, 0.3) is 0 Å². The first-order valence-corrected chi connectivity index (χ1v) is 9.91. The lowest BCUT2D eigenvalue weighted by atomic mass is 9.92. The van der Waals surface area contributed by atoms with E-state index in [-0.39, 0.29) is 0 Å². The summed E-state index contributed by atoms with van der Waals surface area (Å²) in [5, 5.41) is 5.80. The molecule has 2 N–H and O–H groups in total. The third-order valence-electron chi connectivity index (χ3n) is 5.38. The summed E-state index contributed by atoms with van der Waals surface area (Å²) in [5.41, 5.74) is 5.31. The number of hydrogen-bond donors (Lipinski definition) is 2. The highest BCUT2D eigenvalue weighted by molar-refractivity contribution is 6.32. The van der Waals surface area contributed by atoms with E-state index in [1.807, 2.05) is 12.3 Å². The Morgan fingerprint density at radius 2 is 1.88 bits per heavy atom. The quantitative estimate of drug-likeness (QED) is 0.517. The number of nitrogens with one attached hydrogen (secondary N) is 2. The van der Waals surface area contributed by atoms with E-state index < -0.39 is 0 Å². The summed E-state index contributed by atoms with van der Waals surface area (Å²) >= 11 is 6.44. The van der Waals surface area contributed by atoms with Gasteiger partial charge in [0.15, 0.2) is 0 Å². The van der Waals surface area contributed by atoms with E-state index in [1.54, 1.807) is 0 Å². The molecule has 1 unspecified atom stereocenters. The zero-order chi connectivity index (χ0) is 17.8. The van der Waals surface area contributed by atoms with Crippen molar-refractivity contribution in [1.82, 2.24) is 10.3 Å². The SMILES string of the molecule is Clc1ccc2[nH]ccc2c1CCCCC1CC(c2ccccc2)=CCN1. The van der Waals surface area contributed by atoms with Crippen molar-refractivity contribution in [3.8, 4) is 0 Å². The lowest BCUT2D eigenvalue weighted by Crippen LogP contribution is -2.32. The van der Waals surface area contributed by atoms with Crippen molar-refractivity contribution >= 4 is 28.1 Å². The van der Waals surface area contributed by atoms with Crippen molar-refractivity contribution < 1.29 is 0 Å². The van der Waals surface area contributed by atoms with E-state index in [4.69, 9.17) is 11.6 Å². The second-order valence-corrected chi connectivity index (χ2v) is 7.52. The highest BCUT2D eigenvalue weighted by Gasteiger charge is 2.16. The van der Waals surface area contributed by atoms with Crippen molar-refractivity contribution in [2.75, 3.05) is 6.54 Å². The predicted molar refractivity (Wildman–Crippen MR) is 112 cm³/mol. The van der Waals surface area contributed by atoms with Crippen LogP contribution in [0.5, 0.6) is 0 Å². The first kappa shape index (κ1) is 17.4. The Balaban J connectivity index is 1.31. The number of halogens is 1. The van der Waals surface area contributed by atoms with Crippen LogP contribution in [0, 0.1) is 0 Å². The van der Waals surface area contributed by atoms with Crippen LogP contribution in [0.15, 0.2) is 60.8 Å². The van der Waals surface area contributed by atoms with Crippen LogP contribution in [0.4, 0.5) is 0 Å². The number of unbranched alkanes of at least 4 members (excludes halogenated alkanes) is 1. The van der Waals surface area contributed by atoms with Gasteiger partial charge in [-0.3, -0.25) is 0 Å². The molecule has 3 aromatic rings. The van der Waals surface area contributed by atoms with Crippen molar-refractivity contribution in [2.45, 2.75) is 38.1 Å². The van der Waals surface area contributed by atoms with Crippen LogP contribution in [-0.2, 0) is 6.42 Å². The number of hydrogen-bond acceptors (Lipinski definition) is 1. The van der Waals surface area contributed by atoms with Crippen LogP contribution in [0.1, 0.15) is 36.8 Å². The van der Waals surface area contributed by atoms with Crippen LogP contribution in [0.2, 0.25) is 5.02 Å². The topological polar surface area (TPSA) is 27.8 Å². The second-order valence-electron chi connectivity index (χ2n) is 7.12. The van der Waals surface area contributed by atoms with Crippen LogP contribution >= 0.6 is 11.6 Å². The third-order valence-corrected chi connectivity index (χ3v) is 5.74. The van der Waals surface area contributed by atoms with E-state index >= 15 is 0 Å². The average Bonchev–Trinajstić information content (AvgIpc) is 3.16. The smallest absolute Gasteiger partial charge is 0.0457 e. The maximum absolute atomic E-state index is 6.44. The van der Waals surface area contributed by atoms with Gasteiger partial charge in [-0.2, -0.15) is 0 Å². The fourth-order valence-electron chi connectivity index (χ4n) is 3.98. The van der Waals surface area contributed by atoms with E-state index in [0.29, 0.717) is 6.04 Å². The predicted octanol–water partition coefficient (Wildman–Crippen LogP) is 5.98. The normalized spacial score (nSPS) is 17.4. The molecule has 0 aliphatic carbocycles. The molecule has 134 valence electrons. The van der Waals surface area contributed by atoms with Gasteiger partial charge in [-0.25, -0.2) is 0 Å². The molecule has 3 heteroatoms. The molecule has 0 fully saturated rings. The van der Waals surface area contributed by atoms with Crippen molar-refractivity contribution in [1.29, 1.82) is 0 Å². The minimum absolute atomic E-state index is 0.578. The highest BCUT2D eigenvalue weighted by atomic mass is 35.5. The van der Waals surface area contributed by atoms with E-state index in [1.165, 1.54) is 46.9 Å². The summed E-state index contributed by atoms with van der Waals surface area (Å²) < 4.78 is 0. The Bertz CT molecular complexity index is 895. The zero-order valence-electron chi connectivity index (χ0n) is 15.0. The lowest BCUT2D eigenvalue weighted by molar-refractivity contribution is 0.477. The van der Waals surface area contributed by atoms with E-state index in [2.05, 4.69) is 58.8 Å². The molecule has 0 amide bonds. The second kappa shape index (κ2) is 8.11. The van der Waals surface area contributed by atoms with Crippen LogP contribution in [0.25, 0.3) is 16.5 Å². The number of rotatable bonds is 6. The maximum atomic E-state index is 6.44. The molecule has 0 spiro atoms. The van der Waals surface area contributed by atoms with E-state index in [9.17, 15) is 0 Å². The molecule has 1 aliphatic rings. The Kier molecular flexibility index (Phi) is 5.42. The molecular formula is C23H25ClN2. The summed E-state index contributed by atoms with van der Waals surface area (Å²) in [7, 11) is 0. The number of aryl methyl sites for hydroxylation is 1. The monoisotopic (exact) mass is 364 g/mol. The zero-order valence-corrected chi connectivity index (χ0v) is 15.7. The van der Waals surface area contributed by atoms with Gasteiger partial charge in [-0.05, 0) is 60.6 Å². The molecule has 26 heavy (non-hydrogen) atoms. The fourth-order valence-corrected chi connectivity index (χ4v) is 4.24. The molecule has 0 bridgehead atoms. The molecule has 1 aromatic heterocycles. The summed E-state index contributed by atoms with van der Waals surface area (Å²) in [5.74, 6) is 0. The molecular weight excluding hydrogens is 340 g/mol. The van der Waals surface area contributed by atoms with Gasteiger partial charge in [0.1, 0.15) is 0 Å². The summed E-state index contributed by atoms with van der Waals surface area (Å²) in [6, 6.07) is 17.5. The van der Waals surface area contributed by atoms with E-state index in [0.717, 1.165) is 24.4 Å². The van der Waals surface area contributed by atoms with Gasteiger partial charge in [0.2, 0.25) is 0 Å². The minimum atomic E-state index is 0.578. The molecule has 4 rings (SSSR count). The lowest BCUT2D eigenvalue weighted by Gasteiger charge is -2.24. The first-order valence-electron chi connectivity index (χ1n) is 9.53. The summed E-state index contributed by atoms with van der Waals surface area (Å²) in [6.07, 6.45) is 10.1. The van der Waals surface area contributed by atoms with Crippen molar-refractivity contribution in [3.63, 3.8) is 0 Å². The Morgan fingerprint density at radius 3 is 2.77 bits per heavy atom.